The van der Waals surface area contributed by atoms with Gasteiger partial charge in [-0.25, -0.2) is 0 Å². The fourth-order valence-corrected chi connectivity index (χ4v) is 2.58. The molecule has 19 heavy (non-hydrogen) atoms. The molecule has 1 aromatic carbocycles. The van der Waals surface area contributed by atoms with Crippen LogP contribution >= 0.6 is 0 Å². The Bertz CT molecular complexity index is 398. The first-order chi connectivity index (χ1) is 9.18. The second kappa shape index (κ2) is 6.92. The van der Waals surface area contributed by atoms with E-state index >= 15 is 0 Å². The molecule has 0 amide bonds. The van der Waals surface area contributed by atoms with E-state index in [1.165, 1.54) is 16.8 Å². The average Bonchev–Trinajstić information content (AvgIpc) is 2.41. The van der Waals surface area contributed by atoms with Gasteiger partial charge in [-0.2, -0.15) is 0 Å². The third-order valence-electron chi connectivity index (χ3n) is 3.70. The van der Waals surface area contributed by atoms with E-state index in [1.54, 1.807) is 0 Å². The van der Waals surface area contributed by atoms with Crippen molar-refractivity contribution in [3.05, 3.63) is 29.3 Å². The molecule has 0 aromatic heterocycles. The van der Waals surface area contributed by atoms with E-state index in [4.69, 9.17) is 4.74 Å². The summed E-state index contributed by atoms with van der Waals surface area (Å²) >= 11 is 0. The van der Waals surface area contributed by atoms with Crippen molar-refractivity contribution in [1.82, 2.24) is 5.32 Å². The van der Waals surface area contributed by atoms with Gasteiger partial charge in [-0.3, -0.25) is 0 Å². The highest BCUT2D eigenvalue weighted by Gasteiger charge is 2.13. The number of rotatable bonds is 5. The molecule has 0 aliphatic carbocycles. The number of nitrogens with one attached hydrogen (secondary N) is 2. The monoisotopic (exact) mass is 262 g/mol. The zero-order valence-corrected chi connectivity index (χ0v) is 12.3. The summed E-state index contributed by atoms with van der Waals surface area (Å²) in [4.78, 5) is 0. The number of benzene rings is 1. The van der Waals surface area contributed by atoms with Crippen molar-refractivity contribution >= 4 is 5.69 Å². The van der Waals surface area contributed by atoms with Gasteiger partial charge in [-0.05, 0) is 30.4 Å². The van der Waals surface area contributed by atoms with E-state index in [0.717, 1.165) is 32.7 Å². The standard InChI is InChI=1S/C16H26N2O/c1-12(2)15-6-4-5-13(3)16(15)18-8-7-14-11-17-9-10-19-14/h4-6,12,14,17-18H,7-11H2,1-3H3. The van der Waals surface area contributed by atoms with E-state index in [2.05, 4.69) is 49.6 Å². The van der Waals surface area contributed by atoms with Gasteiger partial charge in [-0.15, -0.1) is 0 Å². The van der Waals surface area contributed by atoms with Gasteiger partial charge >= 0.3 is 0 Å². The smallest absolute Gasteiger partial charge is 0.0716 e. The molecule has 0 bridgehead atoms. The molecule has 1 aliphatic rings. The Balaban J connectivity index is 1.91. The number of morpholine rings is 1. The van der Waals surface area contributed by atoms with Crippen LogP contribution in [0.15, 0.2) is 18.2 Å². The highest BCUT2D eigenvalue weighted by molar-refractivity contribution is 5.58. The molecule has 2 rings (SSSR count). The molecule has 1 aromatic rings. The van der Waals surface area contributed by atoms with Crippen LogP contribution in [-0.2, 0) is 4.74 Å². The first-order valence-corrected chi connectivity index (χ1v) is 7.34. The lowest BCUT2D eigenvalue weighted by Gasteiger charge is -2.24. The van der Waals surface area contributed by atoms with Gasteiger partial charge in [-0.1, -0.05) is 32.0 Å². The minimum atomic E-state index is 0.354. The van der Waals surface area contributed by atoms with Gasteiger partial charge in [0.2, 0.25) is 0 Å². The normalized spacial score (nSPS) is 19.7. The van der Waals surface area contributed by atoms with Gasteiger partial charge < -0.3 is 15.4 Å². The van der Waals surface area contributed by atoms with Gasteiger partial charge in [0, 0.05) is 25.3 Å². The highest BCUT2D eigenvalue weighted by Crippen LogP contribution is 2.27. The van der Waals surface area contributed by atoms with Gasteiger partial charge in [0.05, 0.1) is 12.7 Å². The molecule has 1 saturated heterocycles. The Morgan fingerprint density at radius 3 is 2.95 bits per heavy atom. The number of hydrogen-bond acceptors (Lipinski definition) is 3. The van der Waals surface area contributed by atoms with Gasteiger partial charge in [0.1, 0.15) is 0 Å². The Kier molecular flexibility index (Phi) is 5.23. The van der Waals surface area contributed by atoms with E-state index in [9.17, 15) is 0 Å². The lowest BCUT2D eigenvalue weighted by atomic mass is 9.98. The van der Waals surface area contributed by atoms with Crippen LogP contribution in [0.4, 0.5) is 5.69 Å². The first kappa shape index (κ1) is 14.4. The van der Waals surface area contributed by atoms with Crippen LogP contribution in [0.5, 0.6) is 0 Å². The summed E-state index contributed by atoms with van der Waals surface area (Å²) in [6.07, 6.45) is 1.41. The van der Waals surface area contributed by atoms with Gasteiger partial charge in [0.25, 0.3) is 0 Å². The van der Waals surface area contributed by atoms with E-state index in [-0.39, 0.29) is 0 Å². The molecule has 0 radical (unpaired) electrons. The molecule has 0 saturated carbocycles. The van der Waals surface area contributed by atoms with Crippen LogP contribution in [0.25, 0.3) is 0 Å². The summed E-state index contributed by atoms with van der Waals surface area (Å²) in [7, 11) is 0. The molecule has 3 nitrogen and oxygen atoms in total. The Hall–Kier alpha value is -1.06. The van der Waals surface area contributed by atoms with E-state index in [1.807, 2.05) is 0 Å². The summed E-state index contributed by atoms with van der Waals surface area (Å²) in [6, 6.07) is 6.54. The Morgan fingerprint density at radius 2 is 2.26 bits per heavy atom. The molecule has 2 N–H and O–H groups in total. The lowest BCUT2D eigenvalue weighted by Crippen LogP contribution is -2.39. The van der Waals surface area contributed by atoms with Gasteiger partial charge in [0.15, 0.2) is 0 Å². The van der Waals surface area contributed by atoms with Crippen LogP contribution in [0.2, 0.25) is 0 Å². The summed E-state index contributed by atoms with van der Waals surface area (Å²) in [5, 5.41) is 6.97. The van der Waals surface area contributed by atoms with Crippen molar-refractivity contribution in [3.8, 4) is 0 Å². The predicted octanol–water partition coefficient (Wildman–Crippen LogP) is 2.91. The van der Waals surface area contributed by atoms with E-state index in [0.29, 0.717) is 12.0 Å². The molecule has 1 aliphatic heterocycles. The number of hydrogen-bond donors (Lipinski definition) is 2. The number of ether oxygens (including phenoxy) is 1. The van der Waals surface area contributed by atoms with Crippen molar-refractivity contribution in [1.29, 1.82) is 0 Å². The second-order valence-electron chi connectivity index (χ2n) is 5.61. The maximum atomic E-state index is 5.72. The lowest BCUT2D eigenvalue weighted by molar-refractivity contribution is 0.0258. The average molecular weight is 262 g/mol. The summed E-state index contributed by atoms with van der Waals surface area (Å²) in [5.41, 5.74) is 4.04. The quantitative estimate of drug-likeness (QED) is 0.856. The molecular weight excluding hydrogens is 236 g/mol. The molecule has 106 valence electrons. The minimum Gasteiger partial charge on any atom is -0.385 e. The first-order valence-electron chi connectivity index (χ1n) is 7.34. The van der Waals surface area contributed by atoms with Crippen LogP contribution in [0.3, 0.4) is 0 Å². The van der Waals surface area contributed by atoms with Crippen LogP contribution in [-0.4, -0.2) is 32.3 Å². The number of para-hydroxylation sites is 1. The largest absolute Gasteiger partial charge is 0.385 e. The summed E-state index contributed by atoms with van der Waals surface area (Å²) < 4.78 is 5.72. The molecule has 1 atom stereocenters. The molecule has 1 fully saturated rings. The zero-order valence-electron chi connectivity index (χ0n) is 12.3. The topological polar surface area (TPSA) is 33.3 Å². The molecule has 0 spiro atoms. The van der Waals surface area contributed by atoms with Crippen molar-refractivity contribution in [2.75, 3.05) is 31.6 Å². The Labute approximate surface area is 116 Å². The fraction of sp³-hybridized carbons (Fsp3) is 0.625. The van der Waals surface area contributed by atoms with Crippen molar-refractivity contribution in [2.45, 2.75) is 39.2 Å². The van der Waals surface area contributed by atoms with Crippen LogP contribution in [0, 0.1) is 6.92 Å². The molecule has 3 heteroatoms. The van der Waals surface area contributed by atoms with Crippen molar-refractivity contribution in [2.24, 2.45) is 0 Å². The third-order valence-corrected chi connectivity index (χ3v) is 3.70. The maximum absolute atomic E-state index is 5.72. The number of aryl methyl sites for hydroxylation is 1. The SMILES string of the molecule is Cc1cccc(C(C)C)c1NCCC1CNCCO1. The van der Waals surface area contributed by atoms with Crippen molar-refractivity contribution in [3.63, 3.8) is 0 Å². The fourth-order valence-electron chi connectivity index (χ4n) is 2.58. The molecule has 1 heterocycles. The highest BCUT2D eigenvalue weighted by atomic mass is 16.5. The third kappa shape index (κ3) is 3.95. The van der Waals surface area contributed by atoms with Crippen LogP contribution < -0.4 is 10.6 Å². The zero-order chi connectivity index (χ0) is 13.7. The maximum Gasteiger partial charge on any atom is 0.0716 e. The van der Waals surface area contributed by atoms with Crippen molar-refractivity contribution < 1.29 is 4.74 Å². The van der Waals surface area contributed by atoms with Crippen LogP contribution in [0.1, 0.15) is 37.3 Å². The Morgan fingerprint density at radius 1 is 1.42 bits per heavy atom. The summed E-state index contributed by atoms with van der Waals surface area (Å²) in [6.45, 7) is 10.4. The van der Waals surface area contributed by atoms with E-state index < -0.39 is 0 Å². The predicted molar refractivity (Wildman–Crippen MR) is 81.0 cm³/mol. The number of anilines is 1. The molecular formula is C16H26N2O. The summed E-state index contributed by atoms with van der Waals surface area (Å²) in [5.74, 6) is 0.551. The minimum absolute atomic E-state index is 0.354. The second-order valence-corrected chi connectivity index (χ2v) is 5.61. The molecule has 1 unspecified atom stereocenters.